The predicted octanol–water partition coefficient (Wildman–Crippen LogP) is 0.671. The van der Waals surface area contributed by atoms with Crippen LogP contribution in [0.5, 0.6) is 0 Å². The van der Waals surface area contributed by atoms with Gasteiger partial charge in [-0.25, -0.2) is 0 Å². The van der Waals surface area contributed by atoms with Gasteiger partial charge < -0.3 is 15.4 Å². The summed E-state index contributed by atoms with van der Waals surface area (Å²) in [5, 5.41) is 6.32. The largest absolute Gasteiger partial charge is 0.381 e. The average Bonchev–Trinajstić information content (AvgIpc) is 2.71. The van der Waals surface area contributed by atoms with Crippen molar-refractivity contribution in [3.63, 3.8) is 0 Å². The molecule has 0 unspecified atom stereocenters. The van der Waals surface area contributed by atoms with Crippen LogP contribution in [0.1, 0.15) is 32.6 Å². The quantitative estimate of drug-likeness (QED) is 0.612. The first-order valence-corrected chi connectivity index (χ1v) is 5.90. The zero-order valence-corrected chi connectivity index (χ0v) is 9.55. The molecule has 88 valence electrons. The molecule has 4 nitrogen and oxygen atoms in total. The summed E-state index contributed by atoms with van der Waals surface area (Å²) in [7, 11) is 0. The second-order valence-electron chi connectivity index (χ2n) is 3.88. The highest BCUT2D eigenvalue weighted by Crippen LogP contribution is 2.07. The van der Waals surface area contributed by atoms with Gasteiger partial charge in [0.2, 0.25) is 5.91 Å². The molecule has 0 saturated carbocycles. The summed E-state index contributed by atoms with van der Waals surface area (Å²) in [6, 6.07) is 0.609. The molecule has 1 aliphatic heterocycles. The normalized spacial score (nSPS) is 20.5. The van der Waals surface area contributed by atoms with Gasteiger partial charge in [0.05, 0.1) is 6.61 Å². The molecule has 0 aromatic carbocycles. The van der Waals surface area contributed by atoms with E-state index in [0.717, 1.165) is 19.5 Å². The smallest absolute Gasteiger partial charge is 0.222 e. The summed E-state index contributed by atoms with van der Waals surface area (Å²) >= 11 is 0. The predicted molar refractivity (Wildman–Crippen MR) is 59.8 cm³/mol. The summed E-state index contributed by atoms with van der Waals surface area (Å²) in [5.74, 6) is 0.0986. The minimum Gasteiger partial charge on any atom is -0.381 e. The van der Waals surface area contributed by atoms with Crippen molar-refractivity contribution in [2.24, 2.45) is 0 Å². The molecule has 1 rings (SSSR count). The van der Waals surface area contributed by atoms with E-state index in [4.69, 9.17) is 4.74 Å². The summed E-state index contributed by atoms with van der Waals surface area (Å²) in [4.78, 5) is 11.3. The molecule has 1 amide bonds. The molecule has 15 heavy (non-hydrogen) atoms. The molecule has 1 fully saturated rings. The van der Waals surface area contributed by atoms with Gasteiger partial charge in [-0.05, 0) is 32.7 Å². The maximum Gasteiger partial charge on any atom is 0.222 e. The molecule has 1 heterocycles. The maximum absolute atomic E-state index is 11.3. The van der Waals surface area contributed by atoms with E-state index in [2.05, 4.69) is 10.6 Å². The molecule has 1 atom stereocenters. The van der Waals surface area contributed by atoms with Crippen LogP contribution in [0.25, 0.3) is 0 Å². The Morgan fingerprint density at radius 3 is 3.13 bits per heavy atom. The van der Waals surface area contributed by atoms with Crippen LogP contribution in [0, 0.1) is 0 Å². The fraction of sp³-hybridized carbons (Fsp3) is 0.909. The second kappa shape index (κ2) is 7.65. The number of ether oxygens (including phenoxy) is 1. The molecule has 2 N–H and O–H groups in total. The summed E-state index contributed by atoms with van der Waals surface area (Å²) < 4.78 is 5.11. The zero-order chi connectivity index (χ0) is 10.9. The molecule has 0 radical (unpaired) electrons. The SMILES string of the molecule is CCOCCC(=O)NCC[C@@H]1CCCN1. The van der Waals surface area contributed by atoms with Crippen LogP contribution < -0.4 is 10.6 Å². The van der Waals surface area contributed by atoms with E-state index >= 15 is 0 Å². The molecular formula is C11H22N2O2. The van der Waals surface area contributed by atoms with Gasteiger partial charge in [0.25, 0.3) is 0 Å². The second-order valence-corrected chi connectivity index (χ2v) is 3.88. The number of carbonyl (C=O) groups excluding carboxylic acids is 1. The van der Waals surface area contributed by atoms with Crippen LogP contribution >= 0.6 is 0 Å². The van der Waals surface area contributed by atoms with Crippen molar-refractivity contribution in [3.8, 4) is 0 Å². The van der Waals surface area contributed by atoms with E-state index in [1.165, 1.54) is 12.8 Å². The fourth-order valence-corrected chi connectivity index (χ4v) is 1.79. The number of hydrogen-bond donors (Lipinski definition) is 2. The van der Waals surface area contributed by atoms with Gasteiger partial charge in [-0.3, -0.25) is 4.79 Å². The Bertz CT molecular complexity index is 179. The van der Waals surface area contributed by atoms with Gasteiger partial charge in [0.15, 0.2) is 0 Å². The van der Waals surface area contributed by atoms with Gasteiger partial charge in [0.1, 0.15) is 0 Å². The van der Waals surface area contributed by atoms with Crippen molar-refractivity contribution in [3.05, 3.63) is 0 Å². The van der Waals surface area contributed by atoms with Crippen molar-refractivity contribution in [1.29, 1.82) is 0 Å². The lowest BCUT2D eigenvalue weighted by atomic mass is 10.1. The molecule has 0 spiro atoms. The van der Waals surface area contributed by atoms with Crippen LogP contribution in [-0.2, 0) is 9.53 Å². The van der Waals surface area contributed by atoms with Gasteiger partial charge in [-0.2, -0.15) is 0 Å². The average molecular weight is 214 g/mol. The number of hydrogen-bond acceptors (Lipinski definition) is 3. The fourth-order valence-electron chi connectivity index (χ4n) is 1.79. The Labute approximate surface area is 91.8 Å². The number of amides is 1. The summed E-state index contributed by atoms with van der Waals surface area (Å²) in [6.45, 7) is 5.05. The molecule has 4 heteroatoms. The van der Waals surface area contributed by atoms with Crippen molar-refractivity contribution >= 4 is 5.91 Å². The molecule has 0 aliphatic carbocycles. The lowest BCUT2D eigenvalue weighted by Crippen LogP contribution is -2.31. The van der Waals surface area contributed by atoms with Crippen LogP contribution in [-0.4, -0.2) is 38.3 Å². The molecule has 1 saturated heterocycles. The number of nitrogens with one attached hydrogen (secondary N) is 2. The van der Waals surface area contributed by atoms with E-state index in [-0.39, 0.29) is 5.91 Å². The maximum atomic E-state index is 11.3. The molecule has 0 aromatic rings. The first-order valence-electron chi connectivity index (χ1n) is 5.90. The van der Waals surface area contributed by atoms with Crippen LogP contribution in [0.4, 0.5) is 0 Å². The zero-order valence-electron chi connectivity index (χ0n) is 9.55. The highest BCUT2D eigenvalue weighted by atomic mass is 16.5. The van der Waals surface area contributed by atoms with Crippen molar-refractivity contribution in [1.82, 2.24) is 10.6 Å². The highest BCUT2D eigenvalue weighted by Gasteiger charge is 2.13. The van der Waals surface area contributed by atoms with Crippen LogP contribution in [0.2, 0.25) is 0 Å². The first kappa shape index (κ1) is 12.5. The number of carbonyl (C=O) groups is 1. The third kappa shape index (κ3) is 5.74. The molecule has 0 aromatic heterocycles. The third-order valence-electron chi connectivity index (χ3n) is 2.65. The Balaban J connectivity index is 1.91. The standard InChI is InChI=1S/C11H22N2O2/c1-2-15-9-6-11(14)13-8-5-10-4-3-7-12-10/h10,12H,2-9H2,1H3,(H,13,14)/t10-/m0/s1. The van der Waals surface area contributed by atoms with Crippen LogP contribution in [0.15, 0.2) is 0 Å². The highest BCUT2D eigenvalue weighted by molar-refractivity contribution is 5.75. The van der Waals surface area contributed by atoms with E-state index in [0.29, 0.717) is 25.7 Å². The van der Waals surface area contributed by atoms with Crippen LogP contribution in [0.3, 0.4) is 0 Å². The van der Waals surface area contributed by atoms with Crippen molar-refractivity contribution in [2.75, 3.05) is 26.3 Å². The lowest BCUT2D eigenvalue weighted by molar-refractivity contribution is -0.122. The Kier molecular flexibility index (Phi) is 6.36. The van der Waals surface area contributed by atoms with E-state index in [1.807, 2.05) is 6.92 Å². The minimum atomic E-state index is 0.0986. The Morgan fingerprint density at radius 2 is 2.47 bits per heavy atom. The minimum absolute atomic E-state index is 0.0986. The molecule has 0 bridgehead atoms. The van der Waals surface area contributed by atoms with E-state index in [9.17, 15) is 4.79 Å². The van der Waals surface area contributed by atoms with Gasteiger partial charge in [0, 0.05) is 25.6 Å². The lowest BCUT2D eigenvalue weighted by Gasteiger charge is -2.10. The molecular weight excluding hydrogens is 192 g/mol. The van der Waals surface area contributed by atoms with Gasteiger partial charge in [-0.15, -0.1) is 0 Å². The monoisotopic (exact) mass is 214 g/mol. The van der Waals surface area contributed by atoms with Crippen molar-refractivity contribution in [2.45, 2.75) is 38.6 Å². The van der Waals surface area contributed by atoms with E-state index < -0.39 is 0 Å². The topological polar surface area (TPSA) is 50.4 Å². The van der Waals surface area contributed by atoms with Gasteiger partial charge in [-0.1, -0.05) is 0 Å². The number of rotatable bonds is 7. The summed E-state index contributed by atoms with van der Waals surface area (Å²) in [6.07, 6.45) is 4.03. The molecule has 1 aliphatic rings. The Morgan fingerprint density at radius 1 is 1.60 bits per heavy atom. The van der Waals surface area contributed by atoms with Crippen molar-refractivity contribution < 1.29 is 9.53 Å². The Hall–Kier alpha value is -0.610. The first-order chi connectivity index (χ1) is 7.33. The van der Waals surface area contributed by atoms with E-state index in [1.54, 1.807) is 0 Å². The summed E-state index contributed by atoms with van der Waals surface area (Å²) in [5.41, 5.74) is 0. The van der Waals surface area contributed by atoms with Gasteiger partial charge >= 0.3 is 0 Å². The third-order valence-corrected chi connectivity index (χ3v) is 2.65.